The maximum atomic E-state index is 13.0. The molecule has 1 saturated heterocycles. The smallest absolute Gasteiger partial charge is 0.293 e. The first-order valence-corrected chi connectivity index (χ1v) is 13.7. The monoisotopic (exact) mass is 632 g/mol. The van der Waals surface area contributed by atoms with Gasteiger partial charge in [-0.3, -0.25) is 14.5 Å². The molecule has 1 aliphatic heterocycles. The molecule has 8 heteroatoms. The molecule has 0 N–H and O–H groups in total. The summed E-state index contributed by atoms with van der Waals surface area (Å²) >= 11 is 8.06. The summed E-state index contributed by atoms with van der Waals surface area (Å²) in [4.78, 5) is 27.1. The lowest BCUT2D eigenvalue weighted by Gasteiger charge is -2.14. The van der Waals surface area contributed by atoms with Crippen molar-refractivity contribution in [2.45, 2.75) is 13.2 Å². The van der Waals surface area contributed by atoms with Crippen LogP contribution in [0.5, 0.6) is 5.75 Å². The fourth-order valence-corrected chi connectivity index (χ4v) is 6.38. The molecular weight excluding hydrogens is 616 g/mol. The number of fused-ring (bicyclic) bond motifs is 1. The van der Waals surface area contributed by atoms with Gasteiger partial charge in [-0.1, -0.05) is 60.7 Å². The van der Waals surface area contributed by atoms with Crippen molar-refractivity contribution in [2.75, 3.05) is 0 Å². The third kappa shape index (κ3) is 5.35. The Hall–Kier alpha value is -3.38. The third-order valence-corrected chi connectivity index (χ3v) is 8.00. The second kappa shape index (κ2) is 10.9. The SMILES string of the molecule is N#Cc1ccccc1CN1C(=O)S/C(=C/c2cc(Br)c(OCc3cccc4ccccc34)c(Br)c2)C1=O. The molecule has 1 fully saturated rings. The number of rotatable bonds is 6. The number of hydrogen-bond acceptors (Lipinski definition) is 5. The topological polar surface area (TPSA) is 70.4 Å². The lowest BCUT2D eigenvalue weighted by Crippen LogP contribution is -2.27. The van der Waals surface area contributed by atoms with E-state index in [0.717, 1.165) is 42.6 Å². The Balaban J connectivity index is 1.34. The summed E-state index contributed by atoms with van der Waals surface area (Å²) in [6, 6.07) is 27.1. The molecule has 4 aromatic rings. The molecule has 5 rings (SSSR count). The average molecular weight is 634 g/mol. The van der Waals surface area contributed by atoms with Crippen molar-refractivity contribution in [1.29, 1.82) is 5.26 Å². The van der Waals surface area contributed by atoms with Crippen LogP contribution in [0.15, 0.2) is 92.7 Å². The first kappa shape index (κ1) is 25.3. The largest absolute Gasteiger partial charge is 0.487 e. The first-order valence-electron chi connectivity index (χ1n) is 11.3. The molecule has 4 aromatic carbocycles. The van der Waals surface area contributed by atoms with Crippen molar-refractivity contribution < 1.29 is 14.3 Å². The summed E-state index contributed by atoms with van der Waals surface area (Å²) in [5.74, 6) is 0.262. The van der Waals surface area contributed by atoms with Crippen molar-refractivity contribution in [3.63, 3.8) is 0 Å². The molecule has 182 valence electrons. The van der Waals surface area contributed by atoms with Crippen molar-refractivity contribution in [2.24, 2.45) is 0 Å². The molecule has 37 heavy (non-hydrogen) atoms. The molecule has 2 amide bonds. The molecular formula is C29H18Br2N2O3S. The van der Waals surface area contributed by atoms with Crippen LogP contribution in [0.1, 0.15) is 22.3 Å². The Labute approximate surface area is 235 Å². The van der Waals surface area contributed by atoms with Gasteiger partial charge in [0.1, 0.15) is 12.4 Å². The minimum absolute atomic E-state index is 0.0556. The van der Waals surface area contributed by atoms with Crippen LogP contribution >= 0.6 is 43.6 Å². The lowest BCUT2D eigenvalue weighted by atomic mass is 10.1. The fraction of sp³-hybridized carbons (Fsp3) is 0.0690. The van der Waals surface area contributed by atoms with Gasteiger partial charge in [-0.05, 0) is 95.4 Å². The number of ether oxygens (including phenoxy) is 1. The number of thioether (sulfide) groups is 1. The van der Waals surface area contributed by atoms with E-state index in [1.807, 2.05) is 36.4 Å². The predicted octanol–water partition coefficient (Wildman–Crippen LogP) is 8.05. The number of halogens is 2. The Morgan fingerprint density at radius 2 is 1.59 bits per heavy atom. The van der Waals surface area contributed by atoms with Gasteiger partial charge in [0.2, 0.25) is 0 Å². The number of carbonyl (C=O) groups is 2. The van der Waals surface area contributed by atoms with Crippen LogP contribution in [0.3, 0.4) is 0 Å². The van der Waals surface area contributed by atoms with E-state index >= 15 is 0 Å². The quantitative estimate of drug-likeness (QED) is 0.201. The third-order valence-electron chi connectivity index (χ3n) is 5.91. The Bertz CT molecular complexity index is 1600. The standard InChI is InChI=1S/C29H18Br2N2O3S/c30-24-12-18(13-25(31)27(24)36-17-22-10-5-9-19-6-3-4-11-23(19)22)14-26-28(34)33(29(35)37-26)16-21-8-2-1-7-20(21)15-32/h1-14H,16-17H2/b26-14+. The summed E-state index contributed by atoms with van der Waals surface area (Å²) in [6.45, 7) is 0.445. The van der Waals surface area contributed by atoms with Crippen molar-refractivity contribution in [3.05, 3.63) is 115 Å². The van der Waals surface area contributed by atoms with Gasteiger partial charge in [-0.2, -0.15) is 5.26 Å². The average Bonchev–Trinajstić information content (AvgIpc) is 3.15. The Morgan fingerprint density at radius 3 is 2.38 bits per heavy atom. The van der Waals surface area contributed by atoms with Gasteiger partial charge >= 0.3 is 0 Å². The molecule has 0 unspecified atom stereocenters. The highest BCUT2D eigenvalue weighted by Gasteiger charge is 2.35. The van der Waals surface area contributed by atoms with E-state index in [2.05, 4.69) is 56.1 Å². The zero-order chi connectivity index (χ0) is 25.9. The van der Waals surface area contributed by atoms with Gasteiger partial charge in [0.25, 0.3) is 11.1 Å². The molecule has 0 bridgehead atoms. The summed E-state index contributed by atoms with van der Waals surface area (Å²) in [5, 5.41) is 11.3. The van der Waals surface area contributed by atoms with Crippen molar-refractivity contribution >= 4 is 71.6 Å². The maximum Gasteiger partial charge on any atom is 0.293 e. The first-order chi connectivity index (χ1) is 17.9. The molecule has 0 spiro atoms. The molecule has 0 aliphatic carbocycles. The van der Waals surface area contributed by atoms with Gasteiger partial charge in [0.05, 0.1) is 32.0 Å². The molecule has 5 nitrogen and oxygen atoms in total. The van der Waals surface area contributed by atoms with E-state index in [1.165, 1.54) is 4.90 Å². The number of amides is 2. The summed E-state index contributed by atoms with van der Waals surface area (Å²) in [6.07, 6.45) is 1.69. The van der Waals surface area contributed by atoms with E-state index in [9.17, 15) is 14.9 Å². The van der Waals surface area contributed by atoms with Gasteiger partial charge in [0.15, 0.2) is 0 Å². The van der Waals surface area contributed by atoms with Crippen LogP contribution < -0.4 is 4.74 Å². The summed E-state index contributed by atoms with van der Waals surface area (Å²) in [5.41, 5.74) is 2.89. The van der Waals surface area contributed by atoms with Crippen molar-refractivity contribution in [3.8, 4) is 11.8 Å². The fourth-order valence-electron chi connectivity index (χ4n) is 4.09. The highest BCUT2D eigenvalue weighted by Crippen LogP contribution is 2.38. The van der Waals surface area contributed by atoms with Gasteiger partial charge < -0.3 is 4.74 Å². The molecule has 1 heterocycles. The van der Waals surface area contributed by atoms with Crippen LogP contribution in [0.4, 0.5) is 4.79 Å². The maximum absolute atomic E-state index is 13.0. The number of carbonyl (C=O) groups excluding carboxylic acids is 2. The van der Waals surface area contributed by atoms with Crippen LogP contribution in [0.25, 0.3) is 16.8 Å². The zero-order valence-corrected chi connectivity index (χ0v) is 23.3. The number of nitrogens with zero attached hydrogens (tertiary/aromatic N) is 2. The van der Waals surface area contributed by atoms with E-state index < -0.39 is 0 Å². The normalized spacial score (nSPS) is 14.4. The van der Waals surface area contributed by atoms with Crippen molar-refractivity contribution in [1.82, 2.24) is 4.90 Å². The zero-order valence-electron chi connectivity index (χ0n) is 19.3. The van der Waals surface area contributed by atoms with E-state index in [1.54, 1.807) is 30.3 Å². The minimum Gasteiger partial charge on any atom is -0.487 e. The van der Waals surface area contributed by atoms with E-state index in [4.69, 9.17) is 4.74 Å². The van der Waals surface area contributed by atoms with Crippen LogP contribution in [-0.2, 0) is 17.9 Å². The highest BCUT2D eigenvalue weighted by atomic mass is 79.9. The number of hydrogen-bond donors (Lipinski definition) is 0. The summed E-state index contributed by atoms with van der Waals surface area (Å²) < 4.78 is 7.59. The van der Waals surface area contributed by atoms with Crippen LogP contribution in [0, 0.1) is 11.3 Å². The number of nitriles is 1. The van der Waals surface area contributed by atoms with Gasteiger partial charge in [-0.15, -0.1) is 0 Å². The molecule has 0 atom stereocenters. The minimum atomic E-state index is -0.383. The van der Waals surface area contributed by atoms with Crippen LogP contribution in [-0.4, -0.2) is 16.0 Å². The second-order valence-electron chi connectivity index (χ2n) is 8.28. The summed E-state index contributed by atoms with van der Waals surface area (Å²) in [7, 11) is 0. The van der Waals surface area contributed by atoms with E-state index in [0.29, 0.717) is 28.4 Å². The van der Waals surface area contributed by atoms with Gasteiger partial charge in [-0.25, -0.2) is 0 Å². The van der Waals surface area contributed by atoms with E-state index in [-0.39, 0.29) is 17.7 Å². The number of benzene rings is 4. The second-order valence-corrected chi connectivity index (χ2v) is 11.0. The highest BCUT2D eigenvalue weighted by molar-refractivity contribution is 9.11. The Kier molecular flexibility index (Phi) is 7.47. The van der Waals surface area contributed by atoms with Gasteiger partial charge in [0, 0.05) is 0 Å². The molecule has 0 aromatic heterocycles. The van der Waals surface area contributed by atoms with Crippen LogP contribution in [0.2, 0.25) is 0 Å². The molecule has 1 aliphatic rings. The lowest BCUT2D eigenvalue weighted by molar-refractivity contribution is -0.123. The molecule has 0 radical (unpaired) electrons. The number of imide groups is 1. The Morgan fingerprint density at radius 1 is 0.919 bits per heavy atom. The predicted molar refractivity (Wildman–Crippen MR) is 153 cm³/mol. The molecule has 0 saturated carbocycles.